The Labute approximate surface area is 97.5 Å². The van der Waals surface area contributed by atoms with Gasteiger partial charge in [-0.1, -0.05) is 19.4 Å². The SMILES string of the molecule is CCCCS(=O)(=O)c1cccc(F)c1Br. The van der Waals surface area contributed by atoms with Crippen molar-refractivity contribution in [2.75, 3.05) is 5.75 Å². The fourth-order valence-corrected chi connectivity index (χ4v) is 3.72. The van der Waals surface area contributed by atoms with E-state index >= 15 is 0 Å². The first kappa shape index (κ1) is 12.6. The summed E-state index contributed by atoms with van der Waals surface area (Å²) in [5.41, 5.74) is 0. The second-order valence-corrected chi connectivity index (χ2v) is 6.09. The second-order valence-electron chi connectivity index (χ2n) is 3.22. The summed E-state index contributed by atoms with van der Waals surface area (Å²) in [4.78, 5) is 0.0379. The molecule has 2 nitrogen and oxygen atoms in total. The van der Waals surface area contributed by atoms with Gasteiger partial charge >= 0.3 is 0 Å². The molecule has 0 atom stereocenters. The van der Waals surface area contributed by atoms with E-state index in [4.69, 9.17) is 0 Å². The number of benzene rings is 1. The Morgan fingerprint density at radius 3 is 2.67 bits per heavy atom. The number of halogens is 2. The highest BCUT2D eigenvalue weighted by atomic mass is 79.9. The van der Waals surface area contributed by atoms with Crippen LogP contribution in [0.2, 0.25) is 0 Å². The van der Waals surface area contributed by atoms with Crippen LogP contribution in [0.4, 0.5) is 4.39 Å². The lowest BCUT2D eigenvalue weighted by Gasteiger charge is -2.06. The van der Waals surface area contributed by atoms with Crippen molar-refractivity contribution in [1.82, 2.24) is 0 Å². The third-order valence-electron chi connectivity index (χ3n) is 2.02. The molecule has 0 saturated carbocycles. The zero-order chi connectivity index (χ0) is 11.5. The molecule has 1 aromatic carbocycles. The van der Waals surface area contributed by atoms with E-state index in [0.29, 0.717) is 6.42 Å². The maximum atomic E-state index is 13.1. The van der Waals surface area contributed by atoms with Crippen LogP contribution in [-0.4, -0.2) is 14.2 Å². The van der Waals surface area contributed by atoms with Crippen molar-refractivity contribution in [1.29, 1.82) is 0 Å². The molecule has 84 valence electrons. The normalized spacial score (nSPS) is 11.7. The molecular weight excluding hydrogens is 283 g/mol. The summed E-state index contributed by atoms with van der Waals surface area (Å²) in [6.45, 7) is 1.91. The van der Waals surface area contributed by atoms with Gasteiger partial charge in [-0.2, -0.15) is 0 Å². The topological polar surface area (TPSA) is 34.1 Å². The monoisotopic (exact) mass is 294 g/mol. The van der Waals surface area contributed by atoms with Crippen LogP contribution < -0.4 is 0 Å². The van der Waals surface area contributed by atoms with Gasteiger partial charge in [-0.25, -0.2) is 12.8 Å². The van der Waals surface area contributed by atoms with Crippen molar-refractivity contribution in [2.24, 2.45) is 0 Å². The Morgan fingerprint density at radius 2 is 2.07 bits per heavy atom. The molecule has 0 aliphatic carbocycles. The van der Waals surface area contributed by atoms with Crippen molar-refractivity contribution in [3.63, 3.8) is 0 Å². The quantitative estimate of drug-likeness (QED) is 0.855. The lowest BCUT2D eigenvalue weighted by molar-refractivity contribution is 0.585. The first-order chi connectivity index (χ1) is 6.99. The van der Waals surface area contributed by atoms with Crippen LogP contribution >= 0.6 is 15.9 Å². The van der Waals surface area contributed by atoms with Crippen LogP contribution in [0.15, 0.2) is 27.6 Å². The molecule has 0 N–H and O–H groups in total. The molecule has 1 aromatic rings. The van der Waals surface area contributed by atoms with Crippen LogP contribution in [0, 0.1) is 5.82 Å². The molecule has 0 amide bonds. The van der Waals surface area contributed by atoms with Gasteiger partial charge < -0.3 is 0 Å². The second kappa shape index (κ2) is 5.07. The third kappa shape index (κ3) is 3.01. The van der Waals surface area contributed by atoms with E-state index in [1.54, 1.807) is 0 Å². The average Bonchev–Trinajstić information content (AvgIpc) is 2.19. The molecule has 0 fully saturated rings. The molecule has 0 radical (unpaired) electrons. The maximum absolute atomic E-state index is 13.1. The zero-order valence-electron chi connectivity index (χ0n) is 8.33. The molecule has 1 rings (SSSR count). The minimum Gasteiger partial charge on any atom is -0.224 e. The molecule has 15 heavy (non-hydrogen) atoms. The Morgan fingerprint density at radius 1 is 1.40 bits per heavy atom. The number of hydrogen-bond acceptors (Lipinski definition) is 2. The molecule has 0 aliphatic rings. The highest BCUT2D eigenvalue weighted by Gasteiger charge is 2.18. The minimum atomic E-state index is -3.36. The zero-order valence-corrected chi connectivity index (χ0v) is 10.7. The largest absolute Gasteiger partial charge is 0.224 e. The van der Waals surface area contributed by atoms with Gasteiger partial charge in [0, 0.05) is 0 Å². The molecule has 0 aliphatic heterocycles. The van der Waals surface area contributed by atoms with E-state index in [1.807, 2.05) is 6.92 Å². The first-order valence-corrected chi connectivity index (χ1v) is 7.10. The van der Waals surface area contributed by atoms with Crippen molar-refractivity contribution in [3.8, 4) is 0 Å². The van der Waals surface area contributed by atoms with E-state index in [2.05, 4.69) is 15.9 Å². The molecule has 0 aromatic heterocycles. The Bertz CT molecular complexity index is 443. The maximum Gasteiger partial charge on any atom is 0.179 e. The van der Waals surface area contributed by atoms with Crippen molar-refractivity contribution >= 4 is 25.8 Å². The van der Waals surface area contributed by atoms with E-state index in [1.165, 1.54) is 18.2 Å². The van der Waals surface area contributed by atoms with Crippen LogP contribution in [0.1, 0.15) is 19.8 Å². The average molecular weight is 295 g/mol. The number of hydrogen-bond donors (Lipinski definition) is 0. The van der Waals surface area contributed by atoms with Gasteiger partial charge in [0.05, 0.1) is 15.1 Å². The fraction of sp³-hybridized carbons (Fsp3) is 0.400. The fourth-order valence-electron chi connectivity index (χ4n) is 1.17. The van der Waals surface area contributed by atoms with Crippen LogP contribution in [0.5, 0.6) is 0 Å². The lowest BCUT2D eigenvalue weighted by Crippen LogP contribution is -2.07. The van der Waals surface area contributed by atoms with Gasteiger partial charge in [0.15, 0.2) is 9.84 Å². The van der Waals surface area contributed by atoms with Gasteiger partial charge in [0.2, 0.25) is 0 Å². The van der Waals surface area contributed by atoms with Crippen molar-refractivity contribution in [3.05, 3.63) is 28.5 Å². The number of rotatable bonds is 4. The molecule has 5 heteroatoms. The van der Waals surface area contributed by atoms with Crippen molar-refractivity contribution in [2.45, 2.75) is 24.7 Å². The molecular formula is C10H12BrFO2S. The van der Waals surface area contributed by atoms with Gasteiger partial charge in [-0.3, -0.25) is 0 Å². The number of sulfone groups is 1. The lowest BCUT2D eigenvalue weighted by atomic mass is 10.3. The first-order valence-electron chi connectivity index (χ1n) is 4.66. The third-order valence-corrected chi connectivity index (χ3v) is 4.92. The van der Waals surface area contributed by atoms with E-state index < -0.39 is 15.7 Å². The number of unbranched alkanes of at least 4 members (excludes halogenated alkanes) is 1. The molecule has 0 heterocycles. The summed E-state index contributed by atoms with van der Waals surface area (Å²) in [6, 6.07) is 4.04. The van der Waals surface area contributed by atoms with Gasteiger partial charge in [-0.15, -0.1) is 0 Å². The van der Waals surface area contributed by atoms with Gasteiger partial charge in [-0.05, 0) is 34.5 Å². The summed E-state index contributed by atoms with van der Waals surface area (Å²) >= 11 is 2.95. The summed E-state index contributed by atoms with van der Waals surface area (Å²) in [6.07, 6.45) is 1.39. The Kier molecular flexibility index (Phi) is 4.28. The Balaban J connectivity index is 3.10. The van der Waals surface area contributed by atoms with E-state index in [-0.39, 0.29) is 15.1 Å². The van der Waals surface area contributed by atoms with E-state index in [9.17, 15) is 12.8 Å². The Hall–Kier alpha value is -0.420. The molecule has 0 bridgehead atoms. The van der Waals surface area contributed by atoms with Crippen LogP contribution in [0.25, 0.3) is 0 Å². The summed E-state index contributed by atoms with van der Waals surface area (Å²) < 4.78 is 36.7. The van der Waals surface area contributed by atoms with Gasteiger partial charge in [0.1, 0.15) is 5.82 Å². The highest BCUT2D eigenvalue weighted by molar-refractivity contribution is 9.10. The van der Waals surface area contributed by atoms with Crippen molar-refractivity contribution < 1.29 is 12.8 Å². The minimum absolute atomic E-state index is 0.0288. The highest BCUT2D eigenvalue weighted by Crippen LogP contribution is 2.25. The van der Waals surface area contributed by atoms with E-state index in [0.717, 1.165) is 6.42 Å². The molecule has 0 unspecified atom stereocenters. The standard InChI is InChI=1S/C10H12BrFO2S/c1-2-3-7-15(13,14)9-6-4-5-8(12)10(9)11/h4-6H,2-3,7H2,1H3. The van der Waals surface area contributed by atoms with Crippen LogP contribution in [-0.2, 0) is 9.84 Å². The predicted molar refractivity (Wildman–Crippen MR) is 61.1 cm³/mol. The van der Waals surface area contributed by atoms with Crippen LogP contribution in [0.3, 0.4) is 0 Å². The summed E-state index contributed by atoms with van der Waals surface area (Å²) in [5, 5.41) is 0. The molecule has 0 saturated heterocycles. The predicted octanol–water partition coefficient (Wildman–Crippen LogP) is 3.16. The molecule has 0 spiro atoms. The summed E-state index contributed by atoms with van der Waals surface area (Å²) in [5.74, 6) is -0.487. The smallest absolute Gasteiger partial charge is 0.179 e. The summed E-state index contributed by atoms with van der Waals surface area (Å²) in [7, 11) is -3.36. The van der Waals surface area contributed by atoms with Gasteiger partial charge in [0.25, 0.3) is 0 Å².